The quantitative estimate of drug-likeness (QED) is 0.493. The smallest absolute Gasteiger partial charge is 0.264 e. The van der Waals surface area contributed by atoms with E-state index < -0.39 is 5.56 Å². The second-order valence-corrected chi connectivity index (χ2v) is 7.76. The van der Waals surface area contributed by atoms with E-state index in [2.05, 4.69) is 15.1 Å². The third kappa shape index (κ3) is 4.04. The summed E-state index contributed by atoms with van der Waals surface area (Å²) in [5.41, 5.74) is 2.38. The molecule has 0 amide bonds. The lowest BCUT2D eigenvalue weighted by Crippen LogP contribution is -2.29. The fourth-order valence-electron chi connectivity index (χ4n) is 3.76. The minimum Gasteiger partial charge on any atom is -0.494 e. The lowest BCUT2D eigenvalue weighted by molar-refractivity contribution is 0.156. The van der Waals surface area contributed by atoms with Crippen molar-refractivity contribution in [3.05, 3.63) is 80.6 Å². The maximum atomic E-state index is 12.5. The molecular formula is C22H23N5O2S. The maximum absolute atomic E-state index is 12.5. The molecule has 2 aromatic heterocycles. The highest BCUT2D eigenvalue weighted by molar-refractivity contribution is 7.71. The van der Waals surface area contributed by atoms with Crippen LogP contribution in [0.2, 0.25) is 0 Å². The summed E-state index contributed by atoms with van der Waals surface area (Å²) < 4.78 is 1.58. The summed E-state index contributed by atoms with van der Waals surface area (Å²) in [5.74, 6) is -0.229. The number of hydrazone groups is 1. The monoisotopic (exact) mass is 421 g/mol. The molecule has 0 saturated carbocycles. The highest BCUT2D eigenvalue weighted by Crippen LogP contribution is 2.30. The second kappa shape index (κ2) is 8.62. The molecule has 7 nitrogen and oxygen atoms in total. The molecule has 30 heavy (non-hydrogen) atoms. The van der Waals surface area contributed by atoms with Gasteiger partial charge < -0.3 is 5.11 Å². The van der Waals surface area contributed by atoms with E-state index in [1.165, 1.54) is 10.8 Å². The van der Waals surface area contributed by atoms with Gasteiger partial charge in [0.25, 0.3) is 5.56 Å². The van der Waals surface area contributed by atoms with E-state index >= 15 is 0 Å². The zero-order chi connectivity index (χ0) is 21.1. The van der Waals surface area contributed by atoms with Crippen molar-refractivity contribution in [3.63, 3.8) is 0 Å². The number of piperidine rings is 1. The fourth-order valence-corrected chi connectivity index (χ4v) is 4.04. The van der Waals surface area contributed by atoms with Crippen LogP contribution in [-0.2, 0) is 0 Å². The Balaban J connectivity index is 1.72. The van der Waals surface area contributed by atoms with E-state index in [1.807, 2.05) is 54.5 Å². The van der Waals surface area contributed by atoms with Crippen LogP contribution >= 0.6 is 12.2 Å². The SMILES string of the molecule is Cc1cccc(-n2c(O)c(/C=N/N3CCCC[C@@H]3c3cccnc3)c(=O)[nH]c2=S)c1. The molecule has 1 fully saturated rings. The molecule has 0 spiro atoms. The topological polar surface area (TPSA) is 86.5 Å². The summed E-state index contributed by atoms with van der Waals surface area (Å²) >= 11 is 5.29. The van der Waals surface area contributed by atoms with Crippen molar-refractivity contribution in [2.75, 3.05) is 6.54 Å². The number of hydrogen-bond donors (Lipinski definition) is 2. The Morgan fingerprint density at radius 1 is 1.30 bits per heavy atom. The largest absolute Gasteiger partial charge is 0.494 e. The Morgan fingerprint density at radius 3 is 2.93 bits per heavy atom. The van der Waals surface area contributed by atoms with E-state index in [9.17, 15) is 9.90 Å². The maximum Gasteiger partial charge on any atom is 0.264 e. The molecule has 0 radical (unpaired) electrons. The first-order valence-corrected chi connectivity index (χ1v) is 10.3. The van der Waals surface area contributed by atoms with Crippen LogP contribution in [0.15, 0.2) is 58.7 Å². The van der Waals surface area contributed by atoms with Crippen LogP contribution in [0.5, 0.6) is 5.88 Å². The highest BCUT2D eigenvalue weighted by atomic mass is 32.1. The first-order chi connectivity index (χ1) is 14.5. The molecule has 1 atom stereocenters. The molecular weight excluding hydrogens is 398 g/mol. The van der Waals surface area contributed by atoms with Crippen LogP contribution in [0, 0.1) is 11.7 Å². The highest BCUT2D eigenvalue weighted by Gasteiger charge is 2.23. The van der Waals surface area contributed by atoms with Crippen LogP contribution in [0.25, 0.3) is 5.69 Å². The number of nitrogens with zero attached hydrogens (tertiary/aromatic N) is 4. The summed E-state index contributed by atoms with van der Waals surface area (Å²) in [6, 6.07) is 11.6. The van der Waals surface area contributed by atoms with Crippen LogP contribution < -0.4 is 5.56 Å². The van der Waals surface area contributed by atoms with Gasteiger partial charge in [0.05, 0.1) is 17.9 Å². The van der Waals surface area contributed by atoms with Crippen molar-refractivity contribution < 1.29 is 5.11 Å². The van der Waals surface area contributed by atoms with Crippen molar-refractivity contribution >= 4 is 18.4 Å². The van der Waals surface area contributed by atoms with Crippen LogP contribution in [0.3, 0.4) is 0 Å². The first kappa shape index (κ1) is 20.0. The number of rotatable bonds is 4. The summed E-state index contributed by atoms with van der Waals surface area (Å²) in [4.78, 5) is 19.4. The van der Waals surface area contributed by atoms with Gasteiger partial charge >= 0.3 is 0 Å². The standard InChI is InChI=1S/C22H23N5O2S/c1-15-6-4-8-17(12-15)27-21(29)18(20(28)25-22(27)30)14-24-26-11-3-2-9-19(26)16-7-5-10-23-13-16/h4-8,10,12-14,19,29H,2-3,9,11H2,1H3,(H,25,28,30)/b24-14+/t19-/m1/s1. The first-order valence-electron chi connectivity index (χ1n) is 9.90. The van der Waals surface area contributed by atoms with E-state index in [0.717, 1.165) is 36.9 Å². The van der Waals surface area contributed by atoms with Gasteiger partial charge in [-0.2, -0.15) is 5.10 Å². The van der Waals surface area contributed by atoms with Crippen molar-refractivity contribution in [2.24, 2.45) is 5.10 Å². The molecule has 1 aliphatic heterocycles. The minimum absolute atomic E-state index is 0.0700. The normalized spacial score (nSPS) is 16.8. The molecule has 1 aromatic carbocycles. The number of aromatic hydroxyl groups is 1. The average molecular weight is 422 g/mol. The number of pyridine rings is 1. The molecule has 4 rings (SSSR count). The lowest BCUT2D eigenvalue weighted by Gasteiger charge is -2.33. The van der Waals surface area contributed by atoms with Crippen molar-refractivity contribution in [2.45, 2.75) is 32.2 Å². The van der Waals surface area contributed by atoms with Gasteiger partial charge in [-0.1, -0.05) is 18.2 Å². The molecule has 1 saturated heterocycles. The van der Waals surface area contributed by atoms with Gasteiger partial charge in [0.2, 0.25) is 5.88 Å². The summed E-state index contributed by atoms with van der Waals surface area (Å²) in [6.45, 7) is 2.72. The van der Waals surface area contributed by atoms with E-state index in [4.69, 9.17) is 12.2 Å². The molecule has 3 heterocycles. The number of benzene rings is 1. The summed E-state index contributed by atoms with van der Waals surface area (Å²) in [6.07, 6.45) is 8.10. The molecule has 1 aliphatic rings. The van der Waals surface area contributed by atoms with Gasteiger partial charge in [0.15, 0.2) is 4.77 Å². The molecule has 154 valence electrons. The van der Waals surface area contributed by atoms with Crippen LogP contribution in [0.4, 0.5) is 0 Å². The van der Waals surface area contributed by atoms with Gasteiger partial charge in [-0.05, 0) is 67.7 Å². The van der Waals surface area contributed by atoms with Gasteiger partial charge in [0.1, 0.15) is 5.56 Å². The van der Waals surface area contributed by atoms with Crippen molar-refractivity contribution in [1.82, 2.24) is 19.5 Å². The molecule has 0 unspecified atom stereocenters. The Labute approximate surface area is 179 Å². The number of H-pyrrole nitrogens is 1. The number of hydrogen-bond acceptors (Lipinski definition) is 6. The Morgan fingerprint density at radius 2 is 2.17 bits per heavy atom. The van der Waals surface area contributed by atoms with Gasteiger partial charge in [-0.3, -0.25) is 24.3 Å². The van der Waals surface area contributed by atoms with E-state index in [1.54, 1.807) is 6.20 Å². The minimum atomic E-state index is -0.472. The Bertz CT molecular complexity index is 1190. The molecule has 0 bridgehead atoms. The lowest BCUT2D eigenvalue weighted by atomic mass is 9.98. The molecule has 8 heteroatoms. The molecule has 2 N–H and O–H groups in total. The molecule has 0 aliphatic carbocycles. The van der Waals surface area contributed by atoms with E-state index in [-0.39, 0.29) is 22.3 Å². The van der Waals surface area contributed by atoms with Crippen molar-refractivity contribution in [1.29, 1.82) is 0 Å². The van der Waals surface area contributed by atoms with Crippen LogP contribution in [-0.4, -0.2) is 37.4 Å². The summed E-state index contributed by atoms with van der Waals surface area (Å²) in [7, 11) is 0. The molecule has 3 aromatic rings. The third-order valence-corrected chi connectivity index (χ3v) is 5.54. The zero-order valence-corrected chi connectivity index (χ0v) is 17.5. The zero-order valence-electron chi connectivity index (χ0n) is 16.7. The number of aromatic nitrogens is 3. The average Bonchev–Trinajstić information content (AvgIpc) is 2.74. The fraction of sp³-hybridized carbons (Fsp3) is 0.273. The Kier molecular flexibility index (Phi) is 5.76. The predicted octanol–water partition coefficient (Wildman–Crippen LogP) is 3.87. The van der Waals surface area contributed by atoms with Gasteiger partial charge in [-0.15, -0.1) is 0 Å². The van der Waals surface area contributed by atoms with Crippen molar-refractivity contribution in [3.8, 4) is 11.6 Å². The number of aryl methyl sites for hydroxylation is 1. The van der Waals surface area contributed by atoms with Gasteiger partial charge in [-0.25, -0.2) is 0 Å². The second-order valence-electron chi connectivity index (χ2n) is 7.38. The summed E-state index contributed by atoms with van der Waals surface area (Å²) in [5, 5.41) is 17.4. The Hall–Kier alpha value is -3.26. The number of aromatic amines is 1. The third-order valence-electron chi connectivity index (χ3n) is 5.26. The van der Waals surface area contributed by atoms with Gasteiger partial charge in [0, 0.05) is 18.9 Å². The van der Waals surface area contributed by atoms with E-state index in [0.29, 0.717) is 5.69 Å². The predicted molar refractivity (Wildman–Crippen MR) is 119 cm³/mol. The number of nitrogens with one attached hydrogen (secondary N) is 1. The van der Waals surface area contributed by atoms with Crippen LogP contribution in [0.1, 0.15) is 42.0 Å².